The number of nitrogens with one attached hydrogen (secondary N) is 1. The summed E-state index contributed by atoms with van der Waals surface area (Å²) in [6.07, 6.45) is 30.5. The fourth-order valence-corrected chi connectivity index (χ4v) is 12.1. The van der Waals surface area contributed by atoms with Gasteiger partial charge in [-0.25, -0.2) is 4.31 Å². The van der Waals surface area contributed by atoms with E-state index in [1.807, 2.05) is 0 Å². The molecule has 502 valence electrons. The van der Waals surface area contributed by atoms with Gasteiger partial charge in [0.1, 0.15) is 42.7 Å². The van der Waals surface area contributed by atoms with Gasteiger partial charge < -0.3 is 59.4 Å². The highest BCUT2D eigenvalue weighted by molar-refractivity contribution is 7.59. The molecular weight excluding hydrogens is 1160 g/mol. The van der Waals surface area contributed by atoms with E-state index >= 15 is 0 Å². The number of amides is 1. The molecular formula is C69H113NO16P2-2. The number of hydrogen-bond acceptors (Lipinski definition) is 16. The lowest BCUT2D eigenvalue weighted by molar-refractivity contribution is -0.339. The molecule has 19 heteroatoms. The summed E-state index contributed by atoms with van der Waals surface area (Å²) in [5, 5.41) is 54.0. The topological polar surface area (TPSA) is 266 Å². The average molecular weight is 1270 g/mol. The Morgan fingerprint density at radius 1 is 0.455 bits per heavy atom. The summed E-state index contributed by atoms with van der Waals surface area (Å²) in [5.74, 6) is -0.816. The van der Waals surface area contributed by atoms with Gasteiger partial charge in [-0.15, -0.1) is 0 Å². The van der Waals surface area contributed by atoms with Crippen LogP contribution in [0.3, 0.4) is 0 Å². The van der Waals surface area contributed by atoms with E-state index in [0.29, 0.717) is 12.8 Å². The quantitative estimate of drug-likeness (QED) is 0.0245. The van der Waals surface area contributed by atoms with Crippen LogP contribution in [0.5, 0.6) is 0 Å². The van der Waals surface area contributed by atoms with Crippen molar-refractivity contribution in [3.8, 4) is 0 Å². The van der Waals surface area contributed by atoms with E-state index in [0.717, 1.165) is 128 Å². The molecule has 2 rings (SSSR count). The number of aliphatic hydroxyl groups is 5. The Bertz CT molecular complexity index is 2570. The molecule has 88 heavy (non-hydrogen) atoms. The zero-order valence-corrected chi connectivity index (χ0v) is 57.6. The predicted octanol–water partition coefficient (Wildman–Crippen LogP) is 14.0. The SMILES string of the molecule is CC(=O)N[C@H]1[C@@H](OP(=O)([O-])OP(=O)([O-])OC/C=C(/C)CC/C=C(/C)CC/C=C(/C)CC/C=C(/C)CC/C=C(/C)CC/C=C(/C)CC/C=C(/C)CC/C=C(/C)CC/C=C(\C)CC/C=C(\C)CCC=C(C)C)O[C@H](CO)[C@H](O)[C@@H]1O[C@H]1O[C@H](C)[C@@H](O)[C@H](O)[C@@H]1O. The minimum Gasteiger partial charge on any atom is -0.756 e. The summed E-state index contributed by atoms with van der Waals surface area (Å²) in [7, 11) is -11.5. The molecule has 17 nitrogen and oxygen atoms in total. The van der Waals surface area contributed by atoms with E-state index < -0.39 is 96.1 Å². The molecule has 0 radical (unpaired) electrons. The first-order valence-electron chi connectivity index (χ1n) is 31.8. The first-order chi connectivity index (χ1) is 41.4. The lowest BCUT2D eigenvalue weighted by atomic mass is 9.95. The number of carbonyl (C=O) groups excluding carboxylic acids is 1. The van der Waals surface area contributed by atoms with E-state index in [4.69, 9.17) is 23.3 Å². The number of ether oxygens (including phenoxy) is 3. The van der Waals surface area contributed by atoms with E-state index in [2.05, 4.69) is 147 Å². The largest absolute Gasteiger partial charge is 0.756 e. The molecule has 0 aliphatic carbocycles. The maximum Gasteiger partial charge on any atom is 0.276 e. The third-order valence-electron chi connectivity index (χ3n) is 15.8. The molecule has 12 atom stereocenters. The standard InChI is InChI=1S/C69H115NO16P2/c1-48(2)25-15-26-49(3)27-16-28-50(4)29-17-30-51(5)31-18-32-52(6)33-19-34-53(7)35-20-36-54(8)37-21-38-55(9)39-22-40-56(10)41-23-42-57(11)43-24-44-58(12)45-46-81-87(77,78)86-88(79,80)85-68-62(70-60(14)72)67(64(74)61(47-71)83-68)84-69-66(76)65(75)63(73)59(13)82-69/h25,27,29,31,33,35,37,39,41,43,45,59,61-69,71,73-76H,15-24,26,28,30,32,34,36,38,40,42,44,46-47H2,1-14H3,(H,70,72)(H,77,78)(H,79,80)/p-2/b49-27+,50-29+,51-31-,52-33-,53-35-,54-37-,55-39-,56-41-,57-43-,58-45-/t59-,61-,62-,63-,64+,65+,66+,67-,68-,69-/m1/s1. The zero-order valence-electron chi connectivity index (χ0n) is 55.8. The number of aliphatic hydroxyl groups excluding tert-OH is 5. The van der Waals surface area contributed by atoms with Crippen LogP contribution in [0.1, 0.15) is 225 Å². The highest BCUT2D eigenvalue weighted by Gasteiger charge is 2.52. The van der Waals surface area contributed by atoms with Crippen LogP contribution < -0.4 is 15.1 Å². The van der Waals surface area contributed by atoms with Crippen molar-refractivity contribution in [3.63, 3.8) is 0 Å². The van der Waals surface area contributed by atoms with Gasteiger partial charge in [0, 0.05) is 6.92 Å². The summed E-state index contributed by atoms with van der Waals surface area (Å²) < 4.78 is 56.1. The fraction of sp³-hybridized carbons (Fsp3) is 0.667. The fourth-order valence-electron chi connectivity index (χ4n) is 10.1. The van der Waals surface area contributed by atoms with Gasteiger partial charge in [0.25, 0.3) is 15.6 Å². The van der Waals surface area contributed by atoms with Gasteiger partial charge in [0.15, 0.2) is 12.6 Å². The summed E-state index contributed by atoms with van der Waals surface area (Å²) in [6, 6.07) is -1.76. The third kappa shape index (κ3) is 35.4. The van der Waals surface area contributed by atoms with Gasteiger partial charge in [-0.1, -0.05) is 128 Å². The summed E-state index contributed by atoms with van der Waals surface area (Å²) >= 11 is 0. The molecule has 1 amide bonds. The number of rotatable bonds is 41. The normalized spacial score (nSPS) is 25.8. The maximum absolute atomic E-state index is 13.0. The van der Waals surface area contributed by atoms with Gasteiger partial charge in [-0.2, -0.15) is 0 Å². The summed E-state index contributed by atoms with van der Waals surface area (Å²) in [5.41, 5.74) is 15.1. The van der Waals surface area contributed by atoms with Crippen LogP contribution in [-0.4, -0.2) is 106 Å². The monoisotopic (exact) mass is 1270 g/mol. The minimum absolute atomic E-state index is 0.553. The molecule has 2 heterocycles. The second-order valence-corrected chi connectivity index (χ2v) is 27.7. The second kappa shape index (κ2) is 43.4. The van der Waals surface area contributed by atoms with Crippen molar-refractivity contribution in [1.82, 2.24) is 5.32 Å². The van der Waals surface area contributed by atoms with Crippen molar-refractivity contribution in [2.45, 2.75) is 287 Å². The van der Waals surface area contributed by atoms with Gasteiger partial charge in [0.2, 0.25) is 5.91 Å². The average Bonchev–Trinajstić information content (AvgIpc) is 1.45. The molecule has 0 aromatic rings. The Morgan fingerprint density at radius 2 is 0.784 bits per heavy atom. The third-order valence-corrected chi connectivity index (χ3v) is 18.3. The molecule has 2 fully saturated rings. The molecule has 2 aliphatic rings. The predicted molar refractivity (Wildman–Crippen MR) is 349 cm³/mol. The number of hydrogen-bond donors (Lipinski definition) is 6. The van der Waals surface area contributed by atoms with E-state index in [1.54, 1.807) is 6.92 Å². The van der Waals surface area contributed by atoms with Crippen LogP contribution in [0, 0.1) is 0 Å². The highest BCUT2D eigenvalue weighted by atomic mass is 31.3. The number of allylic oxidation sites excluding steroid dienone is 21. The lowest BCUT2D eigenvalue weighted by Crippen LogP contribution is -2.67. The molecule has 6 N–H and O–H groups in total. The molecule has 2 aliphatic heterocycles. The van der Waals surface area contributed by atoms with Crippen molar-refractivity contribution in [3.05, 3.63) is 128 Å². The van der Waals surface area contributed by atoms with Crippen LogP contribution in [0.15, 0.2) is 128 Å². The highest BCUT2D eigenvalue weighted by Crippen LogP contribution is 2.57. The van der Waals surface area contributed by atoms with E-state index in [-0.39, 0.29) is 0 Å². The van der Waals surface area contributed by atoms with Crippen LogP contribution in [-0.2, 0) is 41.5 Å². The Hall–Kier alpha value is -3.45. The van der Waals surface area contributed by atoms with Crippen molar-refractivity contribution in [1.29, 1.82) is 0 Å². The van der Waals surface area contributed by atoms with Gasteiger partial charge in [0.05, 0.1) is 19.3 Å². The van der Waals surface area contributed by atoms with Crippen molar-refractivity contribution in [2.24, 2.45) is 0 Å². The Kier molecular flexibility index (Phi) is 39.8. The molecule has 0 saturated carbocycles. The molecule has 0 spiro atoms. The van der Waals surface area contributed by atoms with Gasteiger partial charge in [-0.3, -0.25) is 18.4 Å². The van der Waals surface area contributed by atoms with Gasteiger partial charge >= 0.3 is 0 Å². The van der Waals surface area contributed by atoms with E-state index in [1.165, 1.54) is 68.7 Å². The molecule has 2 unspecified atom stereocenters. The second-order valence-electron chi connectivity index (χ2n) is 24.8. The van der Waals surface area contributed by atoms with Crippen molar-refractivity contribution in [2.75, 3.05) is 13.2 Å². The van der Waals surface area contributed by atoms with Crippen LogP contribution in [0.2, 0.25) is 0 Å². The first-order valence-corrected chi connectivity index (χ1v) is 34.8. The maximum atomic E-state index is 13.0. The van der Waals surface area contributed by atoms with Gasteiger partial charge in [-0.05, 0) is 218 Å². The lowest BCUT2D eigenvalue weighted by Gasteiger charge is -2.48. The summed E-state index contributed by atoms with van der Waals surface area (Å²) in [4.78, 5) is 37.8. The first kappa shape index (κ1) is 80.6. The Balaban J connectivity index is 1.69. The van der Waals surface area contributed by atoms with Crippen LogP contribution in [0.4, 0.5) is 0 Å². The van der Waals surface area contributed by atoms with E-state index in [9.17, 15) is 49.2 Å². The minimum atomic E-state index is -5.91. The smallest absolute Gasteiger partial charge is 0.276 e. The molecule has 0 aromatic carbocycles. The Labute approximate surface area is 529 Å². The molecule has 0 bridgehead atoms. The molecule has 2 saturated heterocycles. The number of phosphoric ester groups is 2. The molecule has 0 aromatic heterocycles. The zero-order chi connectivity index (χ0) is 66.0. The van der Waals surface area contributed by atoms with Crippen LogP contribution >= 0.6 is 15.6 Å². The number of carbonyl (C=O) groups is 1. The Morgan fingerprint density at radius 3 is 1.10 bits per heavy atom. The van der Waals surface area contributed by atoms with Crippen LogP contribution in [0.25, 0.3) is 0 Å². The van der Waals surface area contributed by atoms with Crippen molar-refractivity contribution < 1.29 is 76.8 Å². The number of phosphoric acid groups is 2. The van der Waals surface area contributed by atoms with Crippen molar-refractivity contribution >= 4 is 21.6 Å². The summed E-state index contributed by atoms with van der Waals surface area (Å²) in [6.45, 7) is 27.1.